The summed E-state index contributed by atoms with van der Waals surface area (Å²) in [6.07, 6.45) is 0. The molecule has 0 saturated heterocycles. The van der Waals surface area contributed by atoms with Gasteiger partial charge in [-0.15, -0.1) is 11.3 Å². The summed E-state index contributed by atoms with van der Waals surface area (Å²) >= 11 is 1.53. The number of benzene rings is 2. The summed E-state index contributed by atoms with van der Waals surface area (Å²) < 4.78 is 2.44. The van der Waals surface area contributed by atoms with Crippen LogP contribution < -0.4 is 5.56 Å². The number of aromatic nitrogens is 3. The second-order valence-electron chi connectivity index (χ2n) is 6.91. The summed E-state index contributed by atoms with van der Waals surface area (Å²) in [6, 6.07) is 16.1. The SMILES string of the molecule is Cc1ccc(-c2nn(C(C)c3ccccc3)c(=O)c3nc(C)sc23)c(C)c1. The fourth-order valence-electron chi connectivity index (χ4n) is 3.43. The summed E-state index contributed by atoms with van der Waals surface area (Å²) in [4.78, 5) is 17.7. The molecule has 0 aliphatic heterocycles. The van der Waals surface area contributed by atoms with Crippen LogP contribution in [0.25, 0.3) is 21.5 Å². The molecule has 0 bridgehead atoms. The zero-order valence-corrected chi connectivity index (χ0v) is 16.7. The molecule has 1 unspecified atom stereocenters. The van der Waals surface area contributed by atoms with Crippen molar-refractivity contribution >= 4 is 21.6 Å². The Morgan fingerprint density at radius 1 is 1.04 bits per heavy atom. The first-order valence-electron chi connectivity index (χ1n) is 8.98. The summed E-state index contributed by atoms with van der Waals surface area (Å²) in [5.74, 6) is 0. The lowest BCUT2D eigenvalue weighted by molar-refractivity contribution is 0.539. The molecule has 0 spiro atoms. The highest BCUT2D eigenvalue weighted by molar-refractivity contribution is 7.19. The number of nitrogens with zero attached hydrogens (tertiary/aromatic N) is 3. The van der Waals surface area contributed by atoms with Gasteiger partial charge in [-0.1, -0.05) is 54.1 Å². The molecule has 2 heterocycles. The average Bonchev–Trinajstić information content (AvgIpc) is 3.05. The van der Waals surface area contributed by atoms with Crippen molar-refractivity contribution in [3.63, 3.8) is 0 Å². The van der Waals surface area contributed by atoms with Crippen LogP contribution in [-0.2, 0) is 0 Å². The van der Waals surface area contributed by atoms with Crippen molar-refractivity contribution in [2.24, 2.45) is 0 Å². The Bertz CT molecular complexity index is 1190. The number of hydrogen-bond donors (Lipinski definition) is 0. The largest absolute Gasteiger partial charge is 0.294 e. The lowest BCUT2D eigenvalue weighted by Crippen LogP contribution is -2.27. The Morgan fingerprint density at radius 2 is 1.78 bits per heavy atom. The second kappa shape index (κ2) is 6.74. The van der Waals surface area contributed by atoms with Gasteiger partial charge in [0.1, 0.15) is 5.69 Å². The number of thiazole rings is 1. The van der Waals surface area contributed by atoms with E-state index in [2.05, 4.69) is 37.0 Å². The zero-order chi connectivity index (χ0) is 19.1. The summed E-state index contributed by atoms with van der Waals surface area (Å²) in [7, 11) is 0. The third-order valence-electron chi connectivity index (χ3n) is 4.85. The molecule has 4 rings (SSSR count). The Morgan fingerprint density at radius 3 is 2.48 bits per heavy atom. The van der Waals surface area contributed by atoms with Crippen molar-refractivity contribution in [1.82, 2.24) is 14.8 Å². The smallest absolute Gasteiger partial charge is 0.265 e. The van der Waals surface area contributed by atoms with E-state index in [1.54, 1.807) is 4.68 Å². The van der Waals surface area contributed by atoms with Crippen LogP contribution in [0.2, 0.25) is 0 Å². The monoisotopic (exact) mass is 375 g/mol. The van der Waals surface area contributed by atoms with Crippen LogP contribution in [0.5, 0.6) is 0 Å². The van der Waals surface area contributed by atoms with Gasteiger partial charge >= 0.3 is 0 Å². The number of rotatable bonds is 3. The van der Waals surface area contributed by atoms with Crippen molar-refractivity contribution in [2.45, 2.75) is 33.7 Å². The third-order valence-corrected chi connectivity index (χ3v) is 5.83. The van der Waals surface area contributed by atoms with E-state index in [4.69, 9.17) is 5.10 Å². The molecule has 0 fully saturated rings. The van der Waals surface area contributed by atoms with Crippen LogP contribution in [0.1, 0.15) is 34.7 Å². The van der Waals surface area contributed by atoms with E-state index in [-0.39, 0.29) is 11.6 Å². The average molecular weight is 375 g/mol. The second-order valence-corrected chi connectivity index (χ2v) is 8.12. The maximum absolute atomic E-state index is 13.1. The van der Waals surface area contributed by atoms with E-state index in [1.807, 2.05) is 44.2 Å². The summed E-state index contributed by atoms with van der Waals surface area (Å²) in [5, 5.41) is 5.70. The molecule has 0 aliphatic carbocycles. The molecule has 0 saturated carbocycles. The van der Waals surface area contributed by atoms with Gasteiger partial charge in [-0.2, -0.15) is 5.10 Å². The van der Waals surface area contributed by atoms with Crippen molar-refractivity contribution in [2.75, 3.05) is 0 Å². The predicted molar refractivity (Wildman–Crippen MR) is 112 cm³/mol. The standard InChI is InChI=1S/C22H21N3OS/c1-13-10-11-18(14(2)12-13)19-21-20(23-16(4)27-21)22(26)25(24-19)15(3)17-8-6-5-7-9-17/h5-12,15H,1-4H3. The van der Waals surface area contributed by atoms with Gasteiger partial charge in [0.05, 0.1) is 15.7 Å². The highest BCUT2D eigenvalue weighted by atomic mass is 32.1. The van der Waals surface area contributed by atoms with Gasteiger partial charge in [0.2, 0.25) is 0 Å². The van der Waals surface area contributed by atoms with Gasteiger partial charge in [0.15, 0.2) is 5.52 Å². The molecule has 0 aliphatic rings. The van der Waals surface area contributed by atoms with Crippen LogP contribution in [-0.4, -0.2) is 14.8 Å². The molecule has 4 aromatic rings. The lowest BCUT2D eigenvalue weighted by Gasteiger charge is -2.16. The van der Waals surface area contributed by atoms with Gasteiger partial charge in [-0.3, -0.25) is 4.79 Å². The molecule has 2 aromatic heterocycles. The summed E-state index contributed by atoms with van der Waals surface area (Å²) in [6.45, 7) is 8.09. The van der Waals surface area contributed by atoms with Crippen LogP contribution in [0.15, 0.2) is 53.3 Å². The first kappa shape index (κ1) is 17.6. The molecule has 27 heavy (non-hydrogen) atoms. The van der Waals surface area contributed by atoms with E-state index >= 15 is 0 Å². The normalized spacial score (nSPS) is 12.4. The van der Waals surface area contributed by atoms with Crippen LogP contribution in [0.3, 0.4) is 0 Å². The molecular formula is C22H21N3OS. The molecule has 4 nitrogen and oxygen atoms in total. The van der Waals surface area contributed by atoms with Crippen molar-refractivity contribution < 1.29 is 0 Å². The molecular weight excluding hydrogens is 354 g/mol. The lowest BCUT2D eigenvalue weighted by atomic mass is 10.0. The van der Waals surface area contributed by atoms with Gasteiger partial charge in [-0.25, -0.2) is 9.67 Å². The van der Waals surface area contributed by atoms with Crippen molar-refractivity contribution in [3.8, 4) is 11.3 Å². The van der Waals surface area contributed by atoms with Gasteiger partial charge in [-0.05, 0) is 38.8 Å². The Balaban J connectivity index is 2.02. The number of aryl methyl sites for hydroxylation is 3. The van der Waals surface area contributed by atoms with E-state index in [9.17, 15) is 4.79 Å². The molecule has 0 radical (unpaired) electrons. The molecule has 2 aromatic carbocycles. The quantitative estimate of drug-likeness (QED) is 0.503. The van der Waals surface area contributed by atoms with Crippen LogP contribution in [0, 0.1) is 20.8 Å². The van der Waals surface area contributed by atoms with E-state index in [1.165, 1.54) is 16.9 Å². The molecule has 5 heteroatoms. The molecule has 1 atom stereocenters. The fourth-order valence-corrected chi connectivity index (χ4v) is 4.34. The van der Waals surface area contributed by atoms with Crippen LogP contribution >= 0.6 is 11.3 Å². The zero-order valence-electron chi connectivity index (χ0n) is 15.9. The minimum atomic E-state index is -0.172. The molecule has 0 amide bonds. The summed E-state index contributed by atoms with van der Waals surface area (Å²) in [5.41, 5.74) is 5.64. The van der Waals surface area contributed by atoms with Crippen molar-refractivity contribution in [3.05, 3.63) is 80.6 Å². The first-order chi connectivity index (χ1) is 13.0. The Kier molecular flexibility index (Phi) is 4.40. The third kappa shape index (κ3) is 3.08. The maximum Gasteiger partial charge on any atom is 0.294 e. The molecule has 0 N–H and O–H groups in total. The van der Waals surface area contributed by atoms with E-state index < -0.39 is 0 Å². The first-order valence-corrected chi connectivity index (χ1v) is 9.80. The number of hydrogen-bond acceptors (Lipinski definition) is 4. The number of fused-ring (bicyclic) bond motifs is 1. The maximum atomic E-state index is 13.1. The van der Waals surface area contributed by atoms with Gasteiger partial charge in [0, 0.05) is 5.56 Å². The predicted octanol–water partition coefficient (Wildman–Crippen LogP) is 5.05. The topological polar surface area (TPSA) is 47.8 Å². The minimum Gasteiger partial charge on any atom is -0.265 e. The van der Waals surface area contributed by atoms with Gasteiger partial charge < -0.3 is 0 Å². The van der Waals surface area contributed by atoms with E-state index in [0.717, 1.165) is 32.1 Å². The highest BCUT2D eigenvalue weighted by Crippen LogP contribution is 2.32. The van der Waals surface area contributed by atoms with Crippen LogP contribution in [0.4, 0.5) is 0 Å². The highest BCUT2D eigenvalue weighted by Gasteiger charge is 2.20. The Labute approximate surface area is 162 Å². The van der Waals surface area contributed by atoms with Gasteiger partial charge in [0.25, 0.3) is 5.56 Å². The Hall–Kier alpha value is -2.79. The van der Waals surface area contributed by atoms with Crippen molar-refractivity contribution in [1.29, 1.82) is 0 Å². The molecule has 136 valence electrons. The minimum absolute atomic E-state index is 0.140. The van der Waals surface area contributed by atoms with E-state index in [0.29, 0.717) is 5.52 Å². The fraction of sp³-hybridized carbons (Fsp3) is 0.227.